The maximum Gasteiger partial charge on any atom is 0.136 e. The molecule has 1 aliphatic heterocycles. The van der Waals surface area contributed by atoms with Crippen LogP contribution in [0.1, 0.15) is 43.2 Å². The molecule has 4 bridgehead atoms. The van der Waals surface area contributed by atoms with Crippen LogP contribution in [-0.2, 0) is 5.41 Å². The predicted octanol–water partition coefficient (Wildman–Crippen LogP) is 11.4. The third-order valence-corrected chi connectivity index (χ3v) is 18.4. The van der Waals surface area contributed by atoms with Crippen LogP contribution in [0, 0.1) is 23.7 Å². The Balaban J connectivity index is 0.991. The van der Waals surface area contributed by atoms with E-state index >= 15 is 0 Å². The van der Waals surface area contributed by atoms with Gasteiger partial charge in [-0.1, -0.05) is 98.0 Å². The van der Waals surface area contributed by atoms with Gasteiger partial charge in [0, 0.05) is 27.3 Å². The number of furan rings is 1. The molecule has 0 amide bonds. The largest absolute Gasteiger partial charge is 0.456 e. The second-order valence-corrected chi connectivity index (χ2v) is 22.1. The highest BCUT2D eigenvalue weighted by molar-refractivity contribution is 7.04. The lowest BCUT2D eigenvalue weighted by Crippen LogP contribution is -2.55. The summed E-state index contributed by atoms with van der Waals surface area (Å²) < 4.78 is 6.36. The normalized spacial score (nSPS) is 25.1. The van der Waals surface area contributed by atoms with Crippen LogP contribution in [0.4, 0.5) is 0 Å². The Labute approximate surface area is 316 Å². The van der Waals surface area contributed by atoms with Gasteiger partial charge in [-0.25, -0.2) is 9.97 Å². The van der Waals surface area contributed by atoms with Gasteiger partial charge in [0.2, 0.25) is 0 Å². The minimum atomic E-state index is -2.07. The standard InChI is InChI=1S/C50H40N2OSi/c1-54(2)46-25-31(49-48(51-42-12-6-7-13-43(42)52-49)30-15-17-36-35-10-4-8-14-44(35)53-45(36)24-30)16-18-37(46)39-26-41-38(27-47(39)54)34-9-3-5-11-40(34)50(41)32-20-28-19-29(22-32)23-33(50)21-28/h3-18,24-29,32-33H,19-23H2,1-2H3. The van der Waals surface area contributed by atoms with E-state index < -0.39 is 8.07 Å². The van der Waals surface area contributed by atoms with Crippen molar-refractivity contribution >= 4 is 51.4 Å². The molecule has 6 aliphatic rings. The van der Waals surface area contributed by atoms with E-state index in [1.165, 1.54) is 59.5 Å². The highest BCUT2D eigenvalue weighted by atomic mass is 28.3. The summed E-state index contributed by atoms with van der Waals surface area (Å²) in [5.74, 6) is 3.42. The second kappa shape index (κ2) is 10.2. The fourth-order valence-electron chi connectivity index (χ4n) is 12.8. The average molecular weight is 713 g/mol. The fraction of sp³-hybridized carbons (Fsp3) is 0.240. The molecule has 14 rings (SSSR count). The van der Waals surface area contributed by atoms with Crippen LogP contribution in [0.5, 0.6) is 0 Å². The molecule has 8 aromatic rings. The van der Waals surface area contributed by atoms with E-state index in [2.05, 4.69) is 116 Å². The lowest BCUT2D eigenvalue weighted by atomic mass is 9.43. The first kappa shape index (κ1) is 30.1. The summed E-state index contributed by atoms with van der Waals surface area (Å²) in [6.07, 6.45) is 7.13. The molecule has 1 spiro atoms. The zero-order chi connectivity index (χ0) is 35.5. The molecule has 0 atom stereocenters. The molecule has 4 fully saturated rings. The van der Waals surface area contributed by atoms with Gasteiger partial charge >= 0.3 is 0 Å². The Kier molecular flexibility index (Phi) is 5.70. The van der Waals surface area contributed by atoms with Gasteiger partial charge in [-0.3, -0.25) is 0 Å². The predicted molar refractivity (Wildman–Crippen MR) is 223 cm³/mol. The maximum absolute atomic E-state index is 6.36. The number of nitrogens with zero attached hydrogens (tertiary/aromatic N) is 2. The van der Waals surface area contributed by atoms with Crippen LogP contribution < -0.4 is 10.4 Å². The molecule has 5 aliphatic carbocycles. The summed E-state index contributed by atoms with van der Waals surface area (Å²) in [6, 6.07) is 45.2. The van der Waals surface area contributed by atoms with Crippen molar-refractivity contribution in [3.63, 3.8) is 0 Å². The molecule has 3 nitrogen and oxygen atoms in total. The van der Waals surface area contributed by atoms with Gasteiger partial charge in [-0.2, -0.15) is 0 Å². The van der Waals surface area contributed by atoms with Crippen molar-refractivity contribution in [2.24, 2.45) is 23.7 Å². The summed E-state index contributed by atoms with van der Waals surface area (Å²) in [4.78, 5) is 10.7. The number of hydrogen-bond acceptors (Lipinski definition) is 3. The molecule has 260 valence electrons. The summed E-state index contributed by atoms with van der Waals surface area (Å²) in [7, 11) is -2.07. The molecule has 0 radical (unpaired) electrons. The maximum atomic E-state index is 6.36. The number of hydrogen-bond donors (Lipinski definition) is 0. The first-order valence-electron chi connectivity index (χ1n) is 20.1. The Morgan fingerprint density at radius 3 is 1.93 bits per heavy atom. The molecule has 6 aromatic carbocycles. The van der Waals surface area contributed by atoms with Crippen molar-refractivity contribution in [1.29, 1.82) is 0 Å². The highest BCUT2D eigenvalue weighted by Gasteiger charge is 2.62. The fourth-order valence-corrected chi connectivity index (χ4v) is 15.9. The van der Waals surface area contributed by atoms with Gasteiger partial charge in [-0.15, -0.1) is 0 Å². The van der Waals surface area contributed by atoms with E-state index in [1.54, 1.807) is 16.3 Å². The second-order valence-electron chi connectivity index (χ2n) is 17.8. The van der Waals surface area contributed by atoms with E-state index in [-0.39, 0.29) is 5.41 Å². The zero-order valence-corrected chi connectivity index (χ0v) is 31.7. The minimum Gasteiger partial charge on any atom is -0.456 e. The van der Waals surface area contributed by atoms with Crippen LogP contribution >= 0.6 is 0 Å². The van der Waals surface area contributed by atoms with Gasteiger partial charge in [0.25, 0.3) is 0 Å². The highest BCUT2D eigenvalue weighted by Crippen LogP contribution is 2.69. The van der Waals surface area contributed by atoms with Crippen molar-refractivity contribution in [1.82, 2.24) is 9.97 Å². The van der Waals surface area contributed by atoms with Gasteiger partial charge in [0.1, 0.15) is 19.2 Å². The first-order chi connectivity index (χ1) is 26.4. The minimum absolute atomic E-state index is 0.180. The summed E-state index contributed by atoms with van der Waals surface area (Å²) in [5.41, 5.74) is 17.0. The van der Waals surface area contributed by atoms with E-state index in [9.17, 15) is 0 Å². The van der Waals surface area contributed by atoms with E-state index in [0.29, 0.717) is 0 Å². The number of aromatic nitrogens is 2. The molecule has 0 N–H and O–H groups in total. The topological polar surface area (TPSA) is 38.9 Å². The number of fused-ring (bicyclic) bond motifs is 10. The van der Waals surface area contributed by atoms with E-state index in [1.807, 2.05) is 18.2 Å². The zero-order valence-electron chi connectivity index (χ0n) is 30.7. The van der Waals surface area contributed by atoms with Gasteiger partial charge < -0.3 is 4.42 Å². The quantitative estimate of drug-likeness (QED) is 0.168. The molecular formula is C50H40N2OSi. The Morgan fingerprint density at radius 1 is 0.519 bits per heavy atom. The Morgan fingerprint density at radius 2 is 1.15 bits per heavy atom. The Hall–Kier alpha value is -5.32. The molecule has 0 unspecified atom stereocenters. The van der Waals surface area contributed by atoms with Crippen LogP contribution in [-0.4, -0.2) is 18.0 Å². The molecule has 4 saturated carbocycles. The van der Waals surface area contributed by atoms with E-state index in [4.69, 9.17) is 14.4 Å². The van der Waals surface area contributed by atoms with Crippen molar-refractivity contribution in [2.45, 2.75) is 50.6 Å². The first-order valence-corrected chi connectivity index (χ1v) is 23.1. The van der Waals surface area contributed by atoms with Crippen LogP contribution in [0.2, 0.25) is 13.1 Å². The lowest BCUT2D eigenvalue weighted by molar-refractivity contribution is -0.0399. The van der Waals surface area contributed by atoms with Crippen molar-refractivity contribution in [3.8, 4) is 44.8 Å². The third kappa shape index (κ3) is 3.73. The van der Waals surface area contributed by atoms with E-state index in [0.717, 1.165) is 79.2 Å². The monoisotopic (exact) mass is 712 g/mol. The van der Waals surface area contributed by atoms with Crippen molar-refractivity contribution in [3.05, 3.63) is 132 Å². The number of benzene rings is 6. The van der Waals surface area contributed by atoms with Gasteiger partial charge in [0.15, 0.2) is 0 Å². The lowest BCUT2D eigenvalue weighted by Gasteiger charge is -2.61. The SMILES string of the molecule is C[Si]1(C)c2cc(-c3nc4ccccc4nc3-c3ccc4c(c3)oc3ccccc34)ccc2-c2cc3c(cc21)-c1ccccc1C31C2CC3CC(C2)CC1C3. The molecular weight excluding hydrogens is 673 g/mol. The molecule has 54 heavy (non-hydrogen) atoms. The molecule has 2 aromatic heterocycles. The number of rotatable bonds is 2. The molecule has 0 saturated heterocycles. The summed E-state index contributed by atoms with van der Waals surface area (Å²) >= 11 is 0. The molecule has 4 heteroatoms. The summed E-state index contributed by atoms with van der Waals surface area (Å²) in [5, 5.41) is 5.36. The van der Waals surface area contributed by atoms with Gasteiger partial charge in [0.05, 0.1) is 22.4 Å². The third-order valence-electron chi connectivity index (χ3n) is 14.8. The van der Waals surface area contributed by atoms with Gasteiger partial charge in [-0.05, 0) is 136 Å². The smallest absolute Gasteiger partial charge is 0.136 e. The van der Waals surface area contributed by atoms with Crippen molar-refractivity contribution in [2.75, 3.05) is 0 Å². The summed E-state index contributed by atoms with van der Waals surface area (Å²) in [6.45, 7) is 5.13. The average Bonchev–Trinajstić information content (AvgIpc) is 3.78. The van der Waals surface area contributed by atoms with Crippen molar-refractivity contribution < 1.29 is 4.42 Å². The van der Waals surface area contributed by atoms with Crippen LogP contribution in [0.15, 0.2) is 126 Å². The molecule has 3 heterocycles. The van der Waals surface area contributed by atoms with Crippen LogP contribution in [0.3, 0.4) is 0 Å². The van der Waals surface area contributed by atoms with Crippen LogP contribution in [0.25, 0.3) is 77.7 Å². The number of para-hydroxylation sites is 3. The Bertz CT molecular complexity index is 2920.